The number of ether oxygens (including phenoxy) is 2. The smallest absolute Gasteiger partial charge is 0.238 e. The normalized spacial score (nSPS) is 16.3. The second-order valence-corrected chi connectivity index (χ2v) is 7.25. The van der Waals surface area contributed by atoms with Crippen LogP contribution in [0.4, 0.5) is 0 Å². The summed E-state index contributed by atoms with van der Waals surface area (Å²) in [6.45, 7) is 1.41. The molecule has 138 valence electrons. The molecule has 7 heteroatoms. The summed E-state index contributed by atoms with van der Waals surface area (Å²) in [7, 11) is 0. The molecule has 3 rings (SSSR count). The van der Waals surface area contributed by atoms with Gasteiger partial charge in [-0.25, -0.2) is 0 Å². The van der Waals surface area contributed by atoms with Crippen LogP contribution in [-0.2, 0) is 11.3 Å². The summed E-state index contributed by atoms with van der Waals surface area (Å²) in [5.74, 6) is 3.25. The SMILES string of the molecule is O=C(NCc1ccc(OCCOc2ccc(Cl)cc2)cc1)C1CSCN1. The molecule has 0 aromatic heterocycles. The van der Waals surface area contributed by atoms with Crippen molar-refractivity contribution in [2.24, 2.45) is 0 Å². The van der Waals surface area contributed by atoms with Crippen molar-refractivity contribution in [2.45, 2.75) is 12.6 Å². The molecule has 2 aromatic carbocycles. The summed E-state index contributed by atoms with van der Waals surface area (Å²) in [4.78, 5) is 12.0. The number of hydrogen-bond acceptors (Lipinski definition) is 5. The van der Waals surface area contributed by atoms with Crippen molar-refractivity contribution < 1.29 is 14.3 Å². The molecule has 5 nitrogen and oxygen atoms in total. The zero-order valence-corrected chi connectivity index (χ0v) is 15.8. The fourth-order valence-corrected chi connectivity index (χ4v) is 3.50. The lowest BCUT2D eigenvalue weighted by atomic mass is 10.2. The molecule has 0 bridgehead atoms. The second kappa shape index (κ2) is 9.71. The number of nitrogens with one attached hydrogen (secondary N) is 2. The maximum absolute atomic E-state index is 12.0. The Labute approximate surface area is 162 Å². The summed E-state index contributed by atoms with van der Waals surface area (Å²) >= 11 is 7.57. The Kier molecular flexibility index (Phi) is 7.05. The van der Waals surface area contributed by atoms with E-state index in [0.29, 0.717) is 24.8 Å². The van der Waals surface area contributed by atoms with Crippen LogP contribution in [0.1, 0.15) is 5.56 Å². The molecule has 0 aliphatic carbocycles. The first-order valence-electron chi connectivity index (χ1n) is 8.40. The molecule has 1 aliphatic heterocycles. The van der Waals surface area contributed by atoms with Gasteiger partial charge in [0.25, 0.3) is 0 Å². The standard InChI is InChI=1S/C19H21ClN2O3S/c20-15-3-7-17(8-4-15)25-10-9-24-16-5-1-14(2-6-16)11-21-19(23)18-12-26-13-22-18/h1-8,18,22H,9-13H2,(H,21,23). The average molecular weight is 393 g/mol. The van der Waals surface area contributed by atoms with Crippen LogP contribution in [-0.4, -0.2) is 36.8 Å². The quantitative estimate of drug-likeness (QED) is 0.676. The minimum atomic E-state index is -0.0803. The summed E-state index contributed by atoms with van der Waals surface area (Å²) < 4.78 is 11.2. The van der Waals surface area contributed by atoms with Gasteiger partial charge in [-0.1, -0.05) is 23.7 Å². The highest BCUT2D eigenvalue weighted by molar-refractivity contribution is 7.99. The van der Waals surface area contributed by atoms with Gasteiger partial charge in [0.2, 0.25) is 5.91 Å². The fourth-order valence-electron chi connectivity index (χ4n) is 2.43. The van der Waals surface area contributed by atoms with Gasteiger partial charge in [-0.2, -0.15) is 0 Å². The lowest BCUT2D eigenvalue weighted by Gasteiger charge is -2.11. The van der Waals surface area contributed by atoms with Crippen LogP contribution in [0.15, 0.2) is 48.5 Å². The Hall–Kier alpha value is -1.89. The van der Waals surface area contributed by atoms with Gasteiger partial charge in [0.1, 0.15) is 24.7 Å². The Morgan fingerprint density at radius 1 is 1.08 bits per heavy atom. The summed E-state index contributed by atoms with van der Waals surface area (Å²) in [6.07, 6.45) is 0. The largest absolute Gasteiger partial charge is 0.490 e. The monoisotopic (exact) mass is 392 g/mol. The van der Waals surface area contributed by atoms with Crippen molar-refractivity contribution in [1.82, 2.24) is 10.6 Å². The number of hydrogen-bond donors (Lipinski definition) is 2. The van der Waals surface area contributed by atoms with Gasteiger partial charge >= 0.3 is 0 Å². The van der Waals surface area contributed by atoms with E-state index in [1.54, 1.807) is 23.9 Å². The maximum atomic E-state index is 12.0. The highest BCUT2D eigenvalue weighted by atomic mass is 35.5. The van der Waals surface area contributed by atoms with Crippen LogP contribution in [0.2, 0.25) is 5.02 Å². The van der Waals surface area contributed by atoms with E-state index in [2.05, 4.69) is 10.6 Å². The first-order chi connectivity index (χ1) is 12.7. The van der Waals surface area contributed by atoms with Gasteiger partial charge < -0.3 is 14.8 Å². The van der Waals surface area contributed by atoms with Gasteiger partial charge in [-0.3, -0.25) is 10.1 Å². The van der Waals surface area contributed by atoms with Crippen LogP contribution in [0.25, 0.3) is 0 Å². The van der Waals surface area contributed by atoms with Crippen molar-refractivity contribution in [3.8, 4) is 11.5 Å². The van der Waals surface area contributed by atoms with Crippen LogP contribution < -0.4 is 20.1 Å². The van der Waals surface area contributed by atoms with E-state index in [-0.39, 0.29) is 11.9 Å². The summed E-state index contributed by atoms with van der Waals surface area (Å²) in [5.41, 5.74) is 1.04. The predicted molar refractivity (Wildman–Crippen MR) is 105 cm³/mol. The van der Waals surface area contributed by atoms with E-state index >= 15 is 0 Å². The second-order valence-electron chi connectivity index (χ2n) is 5.78. The highest BCUT2D eigenvalue weighted by Gasteiger charge is 2.21. The van der Waals surface area contributed by atoms with E-state index in [9.17, 15) is 4.79 Å². The molecule has 1 saturated heterocycles. The Morgan fingerprint density at radius 2 is 1.69 bits per heavy atom. The molecule has 2 aromatic rings. The maximum Gasteiger partial charge on any atom is 0.238 e. The first kappa shape index (κ1) is 18.9. The lowest BCUT2D eigenvalue weighted by Crippen LogP contribution is -2.41. The minimum Gasteiger partial charge on any atom is -0.490 e. The summed E-state index contributed by atoms with van der Waals surface area (Å²) in [5, 5.41) is 6.79. The highest BCUT2D eigenvalue weighted by Crippen LogP contribution is 2.16. The van der Waals surface area contributed by atoms with Gasteiger partial charge in [0.05, 0.1) is 6.04 Å². The molecule has 1 aliphatic rings. The van der Waals surface area contributed by atoms with E-state index < -0.39 is 0 Å². The summed E-state index contributed by atoms with van der Waals surface area (Å²) in [6, 6.07) is 14.8. The molecule has 1 amide bonds. The molecule has 0 radical (unpaired) electrons. The molecule has 1 atom stereocenters. The molecule has 1 unspecified atom stereocenters. The minimum absolute atomic E-state index is 0.0506. The zero-order valence-electron chi connectivity index (χ0n) is 14.2. The number of amides is 1. The molecular formula is C19H21ClN2O3S. The van der Waals surface area contributed by atoms with Crippen molar-refractivity contribution in [2.75, 3.05) is 24.8 Å². The number of thioether (sulfide) groups is 1. The number of rotatable bonds is 8. The number of benzene rings is 2. The molecule has 1 heterocycles. The van der Waals surface area contributed by atoms with Crippen LogP contribution in [0.5, 0.6) is 11.5 Å². The number of carbonyl (C=O) groups excluding carboxylic acids is 1. The molecule has 0 spiro atoms. The van der Waals surface area contributed by atoms with Gasteiger partial charge in [-0.15, -0.1) is 11.8 Å². The number of halogens is 1. The van der Waals surface area contributed by atoms with Crippen molar-refractivity contribution in [1.29, 1.82) is 0 Å². The van der Waals surface area contributed by atoms with E-state index in [0.717, 1.165) is 28.7 Å². The van der Waals surface area contributed by atoms with Crippen LogP contribution in [0, 0.1) is 0 Å². The molecule has 0 saturated carbocycles. The third kappa shape index (κ3) is 5.83. The van der Waals surface area contributed by atoms with Crippen LogP contribution >= 0.6 is 23.4 Å². The average Bonchev–Trinajstić information content (AvgIpc) is 3.20. The van der Waals surface area contributed by atoms with E-state index in [1.165, 1.54) is 0 Å². The van der Waals surface area contributed by atoms with E-state index in [1.807, 2.05) is 36.4 Å². The van der Waals surface area contributed by atoms with Crippen molar-refractivity contribution in [3.05, 3.63) is 59.1 Å². The van der Waals surface area contributed by atoms with E-state index in [4.69, 9.17) is 21.1 Å². The van der Waals surface area contributed by atoms with Crippen molar-refractivity contribution in [3.63, 3.8) is 0 Å². The molecular weight excluding hydrogens is 372 g/mol. The molecule has 26 heavy (non-hydrogen) atoms. The number of carbonyl (C=O) groups is 1. The first-order valence-corrected chi connectivity index (χ1v) is 9.93. The Balaban J connectivity index is 1.35. The molecule has 2 N–H and O–H groups in total. The topological polar surface area (TPSA) is 59.6 Å². The Bertz CT molecular complexity index is 704. The zero-order chi connectivity index (χ0) is 18.2. The third-order valence-corrected chi connectivity index (χ3v) is 5.05. The lowest BCUT2D eigenvalue weighted by molar-refractivity contribution is -0.122. The Morgan fingerprint density at radius 3 is 2.27 bits per heavy atom. The third-order valence-electron chi connectivity index (χ3n) is 3.86. The van der Waals surface area contributed by atoms with Gasteiger partial charge in [-0.05, 0) is 42.0 Å². The fraction of sp³-hybridized carbons (Fsp3) is 0.316. The van der Waals surface area contributed by atoms with Gasteiger partial charge in [0, 0.05) is 23.2 Å². The van der Waals surface area contributed by atoms with Gasteiger partial charge in [0.15, 0.2) is 0 Å². The van der Waals surface area contributed by atoms with Crippen molar-refractivity contribution >= 4 is 29.3 Å². The van der Waals surface area contributed by atoms with Crippen LogP contribution in [0.3, 0.4) is 0 Å². The molecule has 1 fully saturated rings. The predicted octanol–water partition coefficient (Wildman–Crippen LogP) is 3.08.